The summed E-state index contributed by atoms with van der Waals surface area (Å²) in [7, 11) is 0. The van der Waals surface area contributed by atoms with E-state index in [1.807, 2.05) is 0 Å². The van der Waals surface area contributed by atoms with Crippen molar-refractivity contribution in [2.45, 2.75) is 27.2 Å². The van der Waals surface area contributed by atoms with Crippen LogP contribution in [-0.2, 0) is 6.42 Å². The SMILES string of the molecule is CC(C)(C)Cc1cnc(Cl)c(F)c1. The molecule has 0 unspecified atom stereocenters. The first-order chi connectivity index (χ1) is 5.88. The standard InChI is InChI=1S/C10H13ClFN/c1-10(2,3)5-7-4-8(12)9(11)13-6-7/h4,6H,5H2,1-3H3. The maximum absolute atomic E-state index is 13.0. The van der Waals surface area contributed by atoms with Crippen LogP contribution in [-0.4, -0.2) is 4.98 Å². The van der Waals surface area contributed by atoms with E-state index in [-0.39, 0.29) is 10.6 Å². The fraction of sp³-hybridized carbons (Fsp3) is 0.500. The average molecular weight is 202 g/mol. The van der Waals surface area contributed by atoms with E-state index in [2.05, 4.69) is 25.8 Å². The lowest BCUT2D eigenvalue weighted by Gasteiger charge is -2.17. The van der Waals surface area contributed by atoms with Gasteiger partial charge in [-0.3, -0.25) is 0 Å². The van der Waals surface area contributed by atoms with Crippen molar-refractivity contribution < 1.29 is 4.39 Å². The topological polar surface area (TPSA) is 12.9 Å². The number of halogens is 2. The summed E-state index contributed by atoms with van der Waals surface area (Å²) in [6.07, 6.45) is 2.42. The molecule has 3 heteroatoms. The lowest BCUT2D eigenvalue weighted by molar-refractivity contribution is 0.409. The van der Waals surface area contributed by atoms with E-state index in [4.69, 9.17) is 11.6 Å². The van der Waals surface area contributed by atoms with Crippen molar-refractivity contribution in [3.8, 4) is 0 Å². The van der Waals surface area contributed by atoms with Gasteiger partial charge in [-0.15, -0.1) is 0 Å². The van der Waals surface area contributed by atoms with Gasteiger partial charge in [-0.25, -0.2) is 9.37 Å². The maximum atomic E-state index is 13.0. The molecule has 0 saturated carbocycles. The highest BCUT2D eigenvalue weighted by atomic mass is 35.5. The largest absolute Gasteiger partial charge is 0.241 e. The lowest BCUT2D eigenvalue weighted by Crippen LogP contribution is -2.09. The Bertz CT molecular complexity index is 304. The third-order valence-electron chi connectivity index (χ3n) is 1.59. The van der Waals surface area contributed by atoms with Crippen molar-refractivity contribution in [3.63, 3.8) is 0 Å². The number of rotatable bonds is 1. The monoisotopic (exact) mass is 201 g/mol. The Hall–Kier alpha value is -0.630. The van der Waals surface area contributed by atoms with Crippen LogP contribution in [0.1, 0.15) is 26.3 Å². The van der Waals surface area contributed by atoms with Crippen LogP contribution in [0.2, 0.25) is 5.15 Å². The smallest absolute Gasteiger partial charge is 0.164 e. The van der Waals surface area contributed by atoms with Crippen molar-refractivity contribution in [2.75, 3.05) is 0 Å². The van der Waals surface area contributed by atoms with Crippen molar-refractivity contribution in [2.24, 2.45) is 5.41 Å². The molecule has 0 aromatic carbocycles. The fourth-order valence-electron chi connectivity index (χ4n) is 1.17. The molecule has 0 atom stereocenters. The second-order valence-electron chi connectivity index (χ2n) is 4.35. The van der Waals surface area contributed by atoms with Crippen LogP contribution >= 0.6 is 11.6 Å². The molecule has 0 aliphatic carbocycles. The third kappa shape index (κ3) is 3.31. The summed E-state index contributed by atoms with van der Waals surface area (Å²) in [6, 6.07) is 1.45. The molecule has 0 spiro atoms. The Labute approximate surface area is 82.9 Å². The van der Waals surface area contributed by atoms with E-state index in [0.29, 0.717) is 0 Å². The fourth-order valence-corrected chi connectivity index (χ4v) is 1.27. The highest BCUT2D eigenvalue weighted by molar-refractivity contribution is 6.29. The van der Waals surface area contributed by atoms with Gasteiger partial charge in [-0.1, -0.05) is 32.4 Å². The molecule has 1 heterocycles. The molecule has 72 valence electrons. The van der Waals surface area contributed by atoms with Gasteiger partial charge in [-0.05, 0) is 23.5 Å². The van der Waals surface area contributed by atoms with Crippen molar-refractivity contribution in [1.29, 1.82) is 0 Å². The summed E-state index contributed by atoms with van der Waals surface area (Å²) >= 11 is 5.47. The molecule has 0 bridgehead atoms. The first kappa shape index (κ1) is 10.5. The second-order valence-corrected chi connectivity index (χ2v) is 4.71. The highest BCUT2D eigenvalue weighted by Crippen LogP contribution is 2.21. The normalized spacial score (nSPS) is 11.8. The first-order valence-electron chi connectivity index (χ1n) is 4.18. The molecular weight excluding hydrogens is 189 g/mol. The van der Waals surface area contributed by atoms with Crippen LogP contribution in [0.25, 0.3) is 0 Å². The van der Waals surface area contributed by atoms with Gasteiger partial charge in [0.1, 0.15) is 0 Å². The molecule has 1 aromatic heterocycles. The van der Waals surface area contributed by atoms with Gasteiger partial charge in [0.2, 0.25) is 0 Å². The predicted molar refractivity (Wildman–Crippen MR) is 52.4 cm³/mol. The van der Waals surface area contributed by atoms with Crippen LogP contribution in [0.15, 0.2) is 12.3 Å². The zero-order chi connectivity index (χ0) is 10.1. The Balaban J connectivity index is 2.86. The Morgan fingerprint density at radius 2 is 2.08 bits per heavy atom. The Morgan fingerprint density at radius 1 is 1.46 bits per heavy atom. The number of pyridine rings is 1. The molecule has 1 aromatic rings. The molecule has 0 aliphatic rings. The van der Waals surface area contributed by atoms with E-state index in [1.54, 1.807) is 6.20 Å². The van der Waals surface area contributed by atoms with Gasteiger partial charge in [0.05, 0.1) is 0 Å². The lowest BCUT2D eigenvalue weighted by atomic mass is 9.89. The van der Waals surface area contributed by atoms with Gasteiger partial charge >= 0.3 is 0 Å². The molecular formula is C10H13ClFN. The van der Waals surface area contributed by atoms with Crippen LogP contribution in [0.5, 0.6) is 0 Å². The minimum atomic E-state index is -0.441. The number of aromatic nitrogens is 1. The summed E-state index contributed by atoms with van der Waals surface area (Å²) in [6.45, 7) is 6.29. The average Bonchev–Trinajstić information content (AvgIpc) is 1.94. The number of nitrogens with zero attached hydrogens (tertiary/aromatic N) is 1. The summed E-state index contributed by atoms with van der Waals surface area (Å²) in [5.41, 5.74) is 1.02. The number of hydrogen-bond donors (Lipinski definition) is 0. The predicted octanol–water partition coefficient (Wildman–Crippen LogP) is 3.46. The molecule has 0 radical (unpaired) electrons. The molecule has 0 saturated heterocycles. The number of hydrogen-bond acceptors (Lipinski definition) is 1. The van der Waals surface area contributed by atoms with Crippen LogP contribution in [0.4, 0.5) is 4.39 Å². The van der Waals surface area contributed by atoms with Gasteiger partial charge in [-0.2, -0.15) is 0 Å². The second kappa shape index (κ2) is 3.62. The molecule has 0 N–H and O–H groups in total. The molecule has 0 fully saturated rings. The van der Waals surface area contributed by atoms with Crippen LogP contribution < -0.4 is 0 Å². The zero-order valence-electron chi connectivity index (χ0n) is 8.06. The van der Waals surface area contributed by atoms with E-state index < -0.39 is 5.82 Å². The molecule has 0 amide bonds. The van der Waals surface area contributed by atoms with Crippen molar-refractivity contribution in [1.82, 2.24) is 4.98 Å². The van der Waals surface area contributed by atoms with Crippen LogP contribution in [0.3, 0.4) is 0 Å². The van der Waals surface area contributed by atoms with Crippen molar-refractivity contribution in [3.05, 3.63) is 28.8 Å². The summed E-state index contributed by atoms with van der Waals surface area (Å²) in [5.74, 6) is -0.441. The Kier molecular flexibility index (Phi) is 2.91. The quantitative estimate of drug-likeness (QED) is 0.635. The third-order valence-corrected chi connectivity index (χ3v) is 1.87. The van der Waals surface area contributed by atoms with Crippen molar-refractivity contribution >= 4 is 11.6 Å². The van der Waals surface area contributed by atoms with E-state index in [1.165, 1.54) is 6.07 Å². The summed E-state index contributed by atoms with van der Waals surface area (Å²) in [4.78, 5) is 3.75. The van der Waals surface area contributed by atoms with Gasteiger partial charge < -0.3 is 0 Å². The Morgan fingerprint density at radius 3 is 2.54 bits per heavy atom. The van der Waals surface area contributed by atoms with Gasteiger partial charge in [0.15, 0.2) is 11.0 Å². The van der Waals surface area contributed by atoms with E-state index in [9.17, 15) is 4.39 Å². The minimum absolute atomic E-state index is 0.0577. The van der Waals surface area contributed by atoms with E-state index in [0.717, 1.165) is 12.0 Å². The summed E-state index contributed by atoms with van der Waals surface area (Å²) in [5, 5.41) is -0.0577. The zero-order valence-corrected chi connectivity index (χ0v) is 8.82. The van der Waals surface area contributed by atoms with Gasteiger partial charge in [0.25, 0.3) is 0 Å². The highest BCUT2D eigenvalue weighted by Gasteiger charge is 2.12. The first-order valence-corrected chi connectivity index (χ1v) is 4.56. The molecule has 13 heavy (non-hydrogen) atoms. The van der Waals surface area contributed by atoms with Gasteiger partial charge in [0, 0.05) is 6.20 Å². The molecule has 1 rings (SSSR count). The molecule has 0 aliphatic heterocycles. The molecule has 1 nitrogen and oxygen atoms in total. The van der Waals surface area contributed by atoms with Crippen LogP contribution in [0, 0.1) is 11.2 Å². The summed E-state index contributed by atoms with van der Waals surface area (Å²) < 4.78 is 13.0. The minimum Gasteiger partial charge on any atom is -0.241 e. The maximum Gasteiger partial charge on any atom is 0.164 e. The van der Waals surface area contributed by atoms with E-state index >= 15 is 0 Å².